The zero-order valence-electron chi connectivity index (χ0n) is 17.3. The quantitative estimate of drug-likeness (QED) is 0.382. The average molecular weight is 420 g/mol. The van der Waals surface area contributed by atoms with E-state index in [0.29, 0.717) is 16.4 Å². The normalized spacial score (nSPS) is 11.5. The van der Waals surface area contributed by atoms with Gasteiger partial charge in [-0.3, -0.25) is 9.20 Å². The Morgan fingerprint density at radius 3 is 2.57 bits per heavy atom. The summed E-state index contributed by atoms with van der Waals surface area (Å²) in [4.78, 5) is 17.2. The first-order valence-corrected chi connectivity index (χ1v) is 9.96. The van der Waals surface area contributed by atoms with Gasteiger partial charge in [-0.2, -0.15) is 5.10 Å². The van der Waals surface area contributed by atoms with E-state index >= 15 is 0 Å². The van der Waals surface area contributed by atoms with Crippen molar-refractivity contribution in [3.05, 3.63) is 87.6 Å². The summed E-state index contributed by atoms with van der Waals surface area (Å²) in [5, 5.41) is 4.88. The maximum atomic E-state index is 12.7. The number of carbonyl (C=O) groups is 1. The molecule has 4 aromatic rings. The smallest absolute Gasteiger partial charge is 0.290 e. The molecule has 6 nitrogen and oxygen atoms in total. The van der Waals surface area contributed by atoms with E-state index in [0.717, 1.165) is 33.8 Å². The fraction of sp³-hybridized carbons (Fsp3) is 0.174. The Balaban J connectivity index is 1.57. The minimum atomic E-state index is -0.299. The van der Waals surface area contributed by atoms with Crippen LogP contribution in [0, 0.1) is 27.7 Å². The molecule has 0 aliphatic rings. The molecular formula is C23H22ClN5O. The van der Waals surface area contributed by atoms with E-state index in [2.05, 4.69) is 20.1 Å². The Morgan fingerprint density at radius 2 is 1.83 bits per heavy atom. The molecule has 0 aliphatic heterocycles. The van der Waals surface area contributed by atoms with Gasteiger partial charge < -0.3 is 4.57 Å². The number of carbonyl (C=O) groups excluding carboxylic acids is 1. The largest absolute Gasteiger partial charge is 0.318 e. The van der Waals surface area contributed by atoms with Gasteiger partial charge in [0.2, 0.25) is 0 Å². The number of halogens is 1. The van der Waals surface area contributed by atoms with Gasteiger partial charge in [-0.25, -0.2) is 10.4 Å². The van der Waals surface area contributed by atoms with E-state index in [1.165, 1.54) is 0 Å². The molecule has 3 heterocycles. The van der Waals surface area contributed by atoms with Crippen LogP contribution in [0.3, 0.4) is 0 Å². The van der Waals surface area contributed by atoms with Crippen LogP contribution in [0.1, 0.15) is 38.7 Å². The summed E-state index contributed by atoms with van der Waals surface area (Å²) in [5.41, 5.74) is 9.64. The highest BCUT2D eigenvalue weighted by molar-refractivity contribution is 6.30. The van der Waals surface area contributed by atoms with E-state index in [4.69, 9.17) is 11.6 Å². The van der Waals surface area contributed by atoms with E-state index in [9.17, 15) is 4.79 Å². The van der Waals surface area contributed by atoms with Gasteiger partial charge in [0.1, 0.15) is 11.3 Å². The van der Waals surface area contributed by atoms with E-state index in [-0.39, 0.29) is 5.91 Å². The molecule has 1 aromatic carbocycles. The lowest BCUT2D eigenvalue weighted by Gasteiger charge is -2.09. The van der Waals surface area contributed by atoms with Crippen LogP contribution >= 0.6 is 11.6 Å². The number of aryl methyl sites for hydroxylation is 3. The van der Waals surface area contributed by atoms with Gasteiger partial charge in [0, 0.05) is 33.9 Å². The van der Waals surface area contributed by atoms with E-state index < -0.39 is 0 Å². The molecule has 152 valence electrons. The molecule has 30 heavy (non-hydrogen) atoms. The molecule has 0 fully saturated rings. The van der Waals surface area contributed by atoms with Crippen LogP contribution < -0.4 is 5.43 Å². The van der Waals surface area contributed by atoms with E-state index in [1.54, 1.807) is 10.6 Å². The number of hydrazone groups is 1. The van der Waals surface area contributed by atoms with Crippen molar-refractivity contribution in [3.8, 4) is 5.69 Å². The van der Waals surface area contributed by atoms with Gasteiger partial charge in [0.05, 0.1) is 11.9 Å². The van der Waals surface area contributed by atoms with Crippen LogP contribution in [0.15, 0.2) is 53.8 Å². The molecule has 0 unspecified atom stereocenters. The molecule has 3 aromatic heterocycles. The van der Waals surface area contributed by atoms with Crippen molar-refractivity contribution >= 4 is 29.4 Å². The van der Waals surface area contributed by atoms with Crippen LogP contribution in [0.2, 0.25) is 5.02 Å². The number of benzene rings is 1. The van der Waals surface area contributed by atoms with Crippen molar-refractivity contribution in [1.29, 1.82) is 0 Å². The Kier molecular flexibility index (Phi) is 5.18. The Morgan fingerprint density at radius 1 is 1.10 bits per heavy atom. The summed E-state index contributed by atoms with van der Waals surface area (Å²) >= 11 is 6.00. The van der Waals surface area contributed by atoms with Crippen LogP contribution in [-0.2, 0) is 0 Å². The fourth-order valence-corrected chi connectivity index (χ4v) is 3.78. The first-order valence-electron chi connectivity index (χ1n) is 9.59. The van der Waals surface area contributed by atoms with Crippen LogP contribution in [0.5, 0.6) is 0 Å². The van der Waals surface area contributed by atoms with Crippen molar-refractivity contribution in [2.45, 2.75) is 27.7 Å². The molecule has 0 spiro atoms. The zero-order chi connectivity index (χ0) is 21.4. The second-order valence-electron chi connectivity index (χ2n) is 7.32. The molecular weight excluding hydrogens is 398 g/mol. The van der Waals surface area contributed by atoms with Crippen molar-refractivity contribution < 1.29 is 4.79 Å². The predicted octanol–water partition coefficient (Wildman–Crippen LogP) is 4.78. The first kappa shape index (κ1) is 19.9. The van der Waals surface area contributed by atoms with Gasteiger partial charge in [0.15, 0.2) is 0 Å². The highest BCUT2D eigenvalue weighted by Gasteiger charge is 2.16. The minimum Gasteiger partial charge on any atom is -0.318 e. The molecule has 4 rings (SSSR count). The molecule has 0 aliphatic carbocycles. The molecule has 0 radical (unpaired) electrons. The first-order chi connectivity index (χ1) is 14.3. The highest BCUT2D eigenvalue weighted by atomic mass is 35.5. The second kappa shape index (κ2) is 7.80. The van der Waals surface area contributed by atoms with E-state index in [1.807, 2.05) is 76.4 Å². The number of fused-ring (bicyclic) bond motifs is 1. The monoisotopic (exact) mass is 419 g/mol. The standard InChI is InChI=1S/C23H22ClN5O/c1-14-9-10-28-21(11-14)26-16(3)22(28)23(30)27-25-13-18-12-15(2)29(17(18)4)20-7-5-19(24)6-8-20/h5-13H,1-4H3,(H,27,30)/b25-13-. The number of nitrogens with zero attached hydrogens (tertiary/aromatic N) is 4. The topological polar surface area (TPSA) is 63.7 Å². The number of pyridine rings is 1. The lowest BCUT2D eigenvalue weighted by Crippen LogP contribution is -2.20. The van der Waals surface area contributed by atoms with Gasteiger partial charge in [-0.15, -0.1) is 0 Å². The lowest BCUT2D eigenvalue weighted by atomic mass is 10.2. The molecule has 1 N–H and O–H groups in total. The van der Waals surface area contributed by atoms with Gasteiger partial charge in [-0.05, 0) is 75.7 Å². The molecule has 1 amide bonds. The number of hydrogen-bond acceptors (Lipinski definition) is 3. The van der Waals surface area contributed by atoms with Crippen LogP contribution in [-0.4, -0.2) is 26.1 Å². The third-order valence-electron chi connectivity index (χ3n) is 5.10. The molecule has 0 atom stereocenters. The van der Waals surface area contributed by atoms with Gasteiger partial charge in [-0.1, -0.05) is 11.6 Å². The summed E-state index contributed by atoms with van der Waals surface area (Å²) in [7, 11) is 0. The summed E-state index contributed by atoms with van der Waals surface area (Å²) in [6.07, 6.45) is 3.51. The van der Waals surface area contributed by atoms with Crippen molar-refractivity contribution in [2.75, 3.05) is 0 Å². The molecule has 0 saturated carbocycles. The fourth-order valence-electron chi connectivity index (χ4n) is 3.66. The number of hydrogen-bond donors (Lipinski definition) is 1. The van der Waals surface area contributed by atoms with Crippen molar-refractivity contribution in [1.82, 2.24) is 19.4 Å². The zero-order valence-corrected chi connectivity index (χ0v) is 18.0. The number of nitrogens with one attached hydrogen (secondary N) is 1. The molecule has 0 saturated heterocycles. The molecule has 0 bridgehead atoms. The summed E-state index contributed by atoms with van der Waals surface area (Å²) < 4.78 is 3.90. The molecule has 7 heteroatoms. The Bertz CT molecular complexity index is 1280. The third-order valence-corrected chi connectivity index (χ3v) is 5.35. The maximum absolute atomic E-state index is 12.7. The van der Waals surface area contributed by atoms with Crippen molar-refractivity contribution in [3.63, 3.8) is 0 Å². The number of amides is 1. The highest BCUT2D eigenvalue weighted by Crippen LogP contribution is 2.21. The van der Waals surface area contributed by atoms with Crippen molar-refractivity contribution in [2.24, 2.45) is 5.10 Å². The minimum absolute atomic E-state index is 0.299. The Labute approximate surface area is 179 Å². The average Bonchev–Trinajstić information content (AvgIpc) is 3.17. The number of rotatable bonds is 4. The third kappa shape index (κ3) is 3.62. The van der Waals surface area contributed by atoms with Gasteiger partial charge >= 0.3 is 0 Å². The SMILES string of the molecule is Cc1ccn2c(C(=O)N/N=C\c3cc(C)n(-c4ccc(Cl)cc4)c3C)c(C)nc2c1. The maximum Gasteiger partial charge on any atom is 0.290 e. The number of imidazole rings is 1. The predicted molar refractivity (Wildman–Crippen MR) is 120 cm³/mol. The summed E-state index contributed by atoms with van der Waals surface area (Å²) in [6.45, 7) is 7.86. The summed E-state index contributed by atoms with van der Waals surface area (Å²) in [5.74, 6) is -0.299. The Hall–Kier alpha value is -3.38. The summed E-state index contributed by atoms with van der Waals surface area (Å²) in [6, 6.07) is 13.6. The second-order valence-corrected chi connectivity index (χ2v) is 7.75. The number of aromatic nitrogens is 3. The van der Waals surface area contributed by atoms with Gasteiger partial charge in [0.25, 0.3) is 5.91 Å². The van der Waals surface area contributed by atoms with Crippen LogP contribution in [0.25, 0.3) is 11.3 Å². The van der Waals surface area contributed by atoms with Crippen LogP contribution in [0.4, 0.5) is 0 Å². The lowest BCUT2D eigenvalue weighted by molar-refractivity contribution is 0.0948.